The van der Waals surface area contributed by atoms with Gasteiger partial charge in [0.1, 0.15) is 5.69 Å². The quantitative estimate of drug-likeness (QED) is 0.614. The number of nitrogens with one attached hydrogen (secondary N) is 1. The van der Waals surface area contributed by atoms with Gasteiger partial charge in [0.15, 0.2) is 0 Å². The van der Waals surface area contributed by atoms with Gasteiger partial charge >= 0.3 is 0 Å². The molecule has 28 heavy (non-hydrogen) atoms. The van der Waals surface area contributed by atoms with Gasteiger partial charge in [-0.15, -0.1) is 0 Å². The zero-order valence-electron chi connectivity index (χ0n) is 16.4. The number of nitrogens with zero attached hydrogens (tertiary/aromatic N) is 2. The van der Waals surface area contributed by atoms with Crippen LogP contribution in [0.5, 0.6) is 0 Å². The van der Waals surface area contributed by atoms with E-state index in [2.05, 4.69) is 36.5 Å². The van der Waals surface area contributed by atoms with Gasteiger partial charge in [-0.3, -0.25) is 14.3 Å². The molecule has 1 amide bonds. The number of aromatic nitrogens is 2. The molecule has 0 atom stereocenters. The molecule has 1 N–H and O–H groups in total. The summed E-state index contributed by atoms with van der Waals surface area (Å²) in [6.45, 7) is 3.90. The number of carbonyl (C=O) groups excluding carboxylic acids is 1. The number of benzene rings is 2. The lowest BCUT2D eigenvalue weighted by Crippen LogP contribution is -2.23. The highest BCUT2D eigenvalue weighted by atomic mass is 32.2. The number of para-hydroxylation sites is 1. The highest BCUT2D eigenvalue weighted by Gasteiger charge is 2.17. The minimum atomic E-state index is -0.216. The molecule has 0 aliphatic carbocycles. The van der Waals surface area contributed by atoms with Crippen molar-refractivity contribution >= 4 is 23.4 Å². The molecule has 3 rings (SSSR count). The van der Waals surface area contributed by atoms with E-state index >= 15 is 0 Å². The molecule has 0 spiro atoms. The number of hydrogen-bond donors (Lipinski definition) is 1. The highest BCUT2D eigenvalue weighted by Crippen LogP contribution is 2.16. The fourth-order valence-electron chi connectivity index (χ4n) is 2.95. The molecule has 0 radical (unpaired) electrons. The molecule has 3 aromatic rings. The van der Waals surface area contributed by atoms with Gasteiger partial charge in [0.2, 0.25) is 5.91 Å². The second kappa shape index (κ2) is 8.97. The highest BCUT2D eigenvalue weighted by molar-refractivity contribution is 7.98. The summed E-state index contributed by atoms with van der Waals surface area (Å²) in [6, 6.07) is 17.8. The van der Waals surface area contributed by atoms with Crippen LogP contribution < -0.4 is 10.9 Å². The van der Waals surface area contributed by atoms with Crippen LogP contribution in [0, 0.1) is 13.8 Å². The van der Waals surface area contributed by atoms with Crippen LogP contribution in [-0.2, 0) is 17.6 Å². The Bertz CT molecular complexity index is 1000. The number of rotatable bonds is 7. The van der Waals surface area contributed by atoms with Crippen molar-refractivity contribution in [2.24, 2.45) is 7.05 Å². The maximum atomic E-state index is 12.8. The summed E-state index contributed by atoms with van der Waals surface area (Å²) in [5, 5.41) is 2.81. The number of thioether (sulfide) groups is 1. The third-order valence-electron chi connectivity index (χ3n) is 4.68. The Labute approximate surface area is 169 Å². The van der Waals surface area contributed by atoms with Crippen LogP contribution in [0.3, 0.4) is 0 Å². The molecule has 0 unspecified atom stereocenters. The number of amides is 1. The zero-order valence-corrected chi connectivity index (χ0v) is 17.3. The Morgan fingerprint density at radius 3 is 2.39 bits per heavy atom. The van der Waals surface area contributed by atoms with Crippen LogP contribution in [0.4, 0.5) is 5.69 Å². The molecular formula is C22H25N3O2S. The summed E-state index contributed by atoms with van der Waals surface area (Å²) >= 11 is 1.72. The van der Waals surface area contributed by atoms with E-state index in [1.54, 1.807) is 21.1 Å². The number of carbonyl (C=O) groups is 1. The predicted molar refractivity (Wildman–Crippen MR) is 116 cm³/mol. The van der Waals surface area contributed by atoms with Crippen molar-refractivity contribution in [3.8, 4) is 5.69 Å². The van der Waals surface area contributed by atoms with E-state index in [0.29, 0.717) is 17.9 Å². The molecule has 2 aromatic carbocycles. The molecule has 0 fully saturated rings. The number of anilines is 1. The molecular weight excluding hydrogens is 370 g/mol. The predicted octanol–water partition coefficient (Wildman–Crippen LogP) is 4.05. The van der Waals surface area contributed by atoms with Gasteiger partial charge in [-0.25, -0.2) is 4.68 Å². The Morgan fingerprint density at radius 1 is 1.04 bits per heavy atom. The van der Waals surface area contributed by atoms with Crippen LogP contribution >= 0.6 is 11.8 Å². The average molecular weight is 396 g/mol. The van der Waals surface area contributed by atoms with Gasteiger partial charge in [0, 0.05) is 25.0 Å². The standard InChI is InChI=1S/C22H25N3O2S/c1-16-9-11-18(12-10-16)15-28-14-13-20(26)23-21-17(2)24(3)25(22(21)27)19-7-5-4-6-8-19/h4-12H,13-15H2,1-3H3,(H,23,26). The van der Waals surface area contributed by atoms with Gasteiger partial charge in [-0.05, 0) is 31.5 Å². The normalized spacial score (nSPS) is 10.8. The first-order chi connectivity index (χ1) is 13.5. The summed E-state index contributed by atoms with van der Waals surface area (Å²) in [4.78, 5) is 25.2. The number of hydrogen-bond acceptors (Lipinski definition) is 3. The molecule has 5 nitrogen and oxygen atoms in total. The van der Waals surface area contributed by atoms with Crippen LogP contribution in [0.15, 0.2) is 59.4 Å². The van der Waals surface area contributed by atoms with Crippen molar-refractivity contribution in [2.45, 2.75) is 26.0 Å². The van der Waals surface area contributed by atoms with Crippen molar-refractivity contribution in [1.29, 1.82) is 0 Å². The molecule has 0 saturated carbocycles. The lowest BCUT2D eigenvalue weighted by Gasteiger charge is -2.07. The minimum Gasteiger partial charge on any atom is -0.320 e. The fraction of sp³-hybridized carbons (Fsp3) is 0.273. The van der Waals surface area contributed by atoms with E-state index in [0.717, 1.165) is 17.1 Å². The molecule has 146 valence electrons. The first kappa shape index (κ1) is 20.0. The topological polar surface area (TPSA) is 56.0 Å². The summed E-state index contributed by atoms with van der Waals surface area (Å²) in [6.07, 6.45) is 0.371. The maximum absolute atomic E-state index is 12.8. The summed E-state index contributed by atoms with van der Waals surface area (Å²) in [5.74, 6) is 1.44. The van der Waals surface area contributed by atoms with E-state index in [4.69, 9.17) is 0 Å². The Kier molecular flexibility index (Phi) is 6.41. The minimum absolute atomic E-state index is 0.137. The smallest absolute Gasteiger partial charge is 0.295 e. The maximum Gasteiger partial charge on any atom is 0.295 e. The summed E-state index contributed by atoms with van der Waals surface area (Å²) in [5.41, 5.74) is 4.13. The Hall–Kier alpha value is -2.73. The van der Waals surface area contributed by atoms with Crippen molar-refractivity contribution in [3.63, 3.8) is 0 Å². The van der Waals surface area contributed by atoms with Crippen LogP contribution in [0.1, 0.15) is 23.2 Å². The van der Waals surface area contributed by atoms with Gasteiger partial charge in [0.05, 0.1) is 11.4 Å². The first-order valence-corrected chi connectivity index (χ1v) is 10.4. The van der Waals surface area contributed by atoms with Crippen LogP contribution in [0.2, 0.25) is 0 Å². The van der Waals surface area contributed by atoms with E-state index in [1.807, 2.05) is 44.3 Å². The first-order valence-electron chi connectivity index (χ1n) is 9.24. The lowest BCUT2D eigenvalue weighted by molar-refractivity contribution is -0.115. The zero-order chi connectivity index (χ0) is 20.1. The molecule has 0 aliphatic rings. The second-order valence-electron chi connectivity index (χ2n) is 6.77. The lowest BCUT2D eigenvalue weighted by atomic mass is 10.2. The fourth-order valence-corrected chi connectivity index (χ4v) is 3.86. The third kappa shape index (κ3) is 4.57. The van der Waals surface area contributed by atoms with Gasteiger partial charge < -0.3 is 5.32 Å². The molecule has 6 heteroatoms. The number of aryl methyl sites for hydroxylation is 1. The van der Waals surface area contributed by atoms with Gasteiger partial charge in [-0.2, -0.15) is 11.8 Å². The third-order valence-corrected chi connectivity index (χ3v) is 5.71. The van der Waals surface area contributed by atoms with Crippen LogP contribution in [-0.4, -0.2) is 21.0 Å². The molecule has 0 aliphatic heterocycles. The van der Waals surface area contributed by atoms with Gasteiger partial charge in [0.25, 0.3) is 5.56 Å². The van der Waals surface area contributed by atoms with E-state index < -0.39 is 0 Å². The largest absolute Gasteiger partial charge is 0.320 e. The van der Waals surface area contributed by atoms with Gasteiger partial charge in [-0.1, -0.05) is 48.0 Å². The van der Waals surface area contributed by atoms with E-state index in [9.17, 15) is 9.59 Å². The SMILES string of the molecule is Cc1ccc(CSCCC(=O)Nc2c(C)n(C)n(-c3ccccc3)c2=O)cc1. The molecule has 1 aromatic heterocycles. The van der Waals surface area contributed by atoms with E-state index in [-0.39, 0.29) is 11.5 Å². The summed E-state index contributed by atoms with van der Waals surface area (Å²) in [7, 11) is 1.82. The van der Waals surface area contributed by atoms with Crippen molar-refractivity contribution in [2.75, 3.05) is 11.1 Å². The van der Waals surface area contributed by atoms with Crippen LogP contribution in [0.25, 0.3) is 5.69 Å². The Morgan fingerprint density at radius 2 is 1.71 bits per heavy atom. The van der Waals surface area contributed by atoms with Crippen molar-refractivity contribution < 1.29 is 4.79 Å². The summed E-state index contributed by atoms with van der Waals surface area (Å²) < 4.78 is 3.33. The Balaban J connectivity index is 1.60. The molecule has 1 heterocycles. The van der Waals surface area contributed by atoms with E-state index in [1.165, 1.54) is 11.1 Å². The second-order valence-corrected chi connectivity index (χ2v) is 7.88. The monoisotopic (exact) mass is 395 g/mol. The average Bonchev–Trinajstić information content (AvgIpc) is 2.90. The molecule has 0 saturated heterocycles. The van der Waals surface area contributed by atoms with Crippen molar-refractivity contribution in [3.05, 3.63) is 81.8 Å². The van der Waals surface area contributed by atoms with Crippen molar-refractivity contribution in [1.82, 2.24) is 9.36 Å². The molecule has 0 bridgehead atoms.